The molecule has 1 atom stereocenters. The lowest BCUT2D eigenvalue weighted by molar-refractivity contribution is 0.0638. The quantitative estimate of drug-likeness (QED) is 0.239. The van der Waals surface area contributed by atoms with Crippen LogP contribution in [0.1, 0.15) is 19.8 Å². The molecule has 0 spiro atoms. The van der Waals surface area contributed by atoms with E-state index in [1.807, 2.05) is 42.5 Å². The van der Waals surface area contributed by atoms with Crippen molar-refractivity contribution < 1.29 is 23.4 Å². The number of hydrogen-bond acceptors (Lipinski definition) is 6. The van der Waals surface area contributed by atoms with Crippen LogP contribution in [0.5, 0.6) is 23.2 Å². The molecule has 1 aliphatic rings. The van der Waals surface area contributed by atoms with E-state index in [2.05, 4.69) is 40.6 Å². The van der Waals surface area contributed by atoms with Crippen LogP contribution in [0.2, 0.25) is 0 Å². The molecule has 0 saturated heterocycles. The van der Waals surface area contributed by atoms with Crippen molar-refractivity contribution in [1.82, 2.24) is 9.97 Å². The topological polar surface area (TPSA) is 78.7 Å². The largest absolute Gasteiger partial charge is 0.485 e. The molecule has 8 heteroatoms. The second kappa shape index (κ2) is 10.2. The number of oxazole rings is 1. The van der Waals surface area contributed by atoms with Crippen molar-refractivity contribution in [1.29, 1.82) is 0 Å². The van der Waals surface area contributed by atoms with Crippen molar-refractivity contribution >= 4 is 15.9 Å². The molecule has 2 aromatic carbocycles. The molecular formula is C28H30N2O5S. The molecule has 188 valence electrons. The Morgan fingerprint density at radius 1 is 1.00 bits per heavy atom. The normalized spacial score (nSPS) is 15.0. The lowest BCUT2D eigenvalue weighted by atomic mass is 10.1. The first-order valence-corrected chi connectivity index (χ1v) is 13.5. The fraction of sp³-hybridized carbons (Fsp3) is 0.286. The van der Waals surface area contributed by atoms with Gasteiger partial charge in [-0.25, -0.2) is 4.98 Å². The molecule has 36 heavy (non-hydrogen) atoms. The van der Waals surface area contributed by atoms with Gasteiger partial charge in [-0.1, -0.05) is 5.37 Å². The molecular weight excluding hydrogens is 476 g/mol. The lowest BCUT2D eigenvalue weighted by Gasteiger charge is -2.19. The molecule has 0 bridgehead atoms. The Bertz CT molecular complexity index is 1370. The van der Waals surface area contributed by atoms with Gasteiger partial charge in [0.15, 0.2) is 0 Å². The van der Waals surface area contributed by atoms with Gasteiger partial charge in [-0.2, -0.15) is 10.5 Å². The van der Waals surface area contributed by atoms with Crippen molar-refractivity contribution in [2.75, 3.05) is 27.1 Å². The summed E-state index contributed by atoms with van der Waals surface area (Å²) in [5.74, 6) is 3.01. The Balaban J connectivity index is 1.46. The summed E-state index contributed by atoms with van der Waals surface area (Å²) in [6, 6.07) is 18.1. The van der Waals surface area contributed by atoms with Gasteiger partial charge in [-0.05, 0) is 74.6 Å². The molecule has 0 radical (unpaired) electrons. The second-order valence-electron chi connectivity index (χ2n) is 8.75. The summed E-state index contributed by atoms with van der Waals surface area (Å²) in [4.78, 5) is 8.93. The summed E-state index contributed by atoms with van der Waals surface area (Å²) in [6.07, 6.45) is 5.69. The van der Waals surface area contributed by atoms with Crippen LogP contribution in [0.4, 0.5) is 0 Å². The molecule has 7 nitrogen and oxygen atoms in total. The number of aromatic amines is 1. The number of nitrogens with zero attached hydrogens (tertiary/aromatic N) is 1. The molecule has 2 heterocycles. The summed E-state index contributed by atoms with van der Waals surface area (Å²) < 4.78 is 28.8. The molecule has 0 amide bonds. The van der Waals surface area contributed by atoms with E-state index >= 15 is 0 Å². The van der Waals surface area contributed by atoms with Crippen LogP contribution in [0.25, 0.3) is 22.8 Å². The SMILES string of the molecule is C/C=S(\C)c1ccc(Oc2cc(OC3(COC)CC3)cc(-c3ccc(-c4ncc(OC)o4)[nH]3)c2)cc1. The van der Waals surface area contributed by atoms with Crippen molar-refractivity contribution in [3.05, 3.63) is 60.8 Å². The predicted octanol–water partition coefficient (Wildman–Crippen LogP) is 6.78. The van der Waals surface area contributed by atoms with Crippen LogP contribution in [0.15, 0.2) is 70.1 Å². The molecule has 0 aliphatic heterocycles. The first-order chi connectivity index (χ1) is 17.5. The molecule has 1 saturated carbocycles. The van der Waals surface area contributed by atoms with Crippen LogP contribution in [0.3, 0.4) is 0 Å². The number of nitrogens with one attached hydrogen (secondary N) is 1. The van der Waals surface area contributed by atoms with E-state index in [-0.39, 0.29) is 16.1 Å². The van der Waals surface area contributed by atoms with Crippen LogP contribution < -0.4 is 14.2 Å². The monoisotopic (exact) mass is 506 g/mol. The number of benzene rings is 2. The van der Waals surface area contributed by atoms with Crippen LogP contribution >= 0.6 is 10.5 Å². The van der Waals surface area contributed by atoms with Gasteiger partial charge in [0.1, 0.15) is 34.7 Å². The van der Waals surface area contributed by atoms with Crippen LogP contribution in [0, 0.1) is 0 Å². The maximum atomic E-state index is 6.40. The van der Waals surface area contributed by atoms with E-state index in [1.54, 1.807) is 20.4 Å². The van der Waals surface area contributed by atoms with E-state index in [9.17, 15) is 0 Å². The smallest absolute Gasteiger partial charge is 0.305 e. The minimum Gasteiger partial charge on any atom is -0.485 e. The summed E-state index contributed by atoms with van der Waals surface area (Å²) in [7, 11) is 3.36. The Hall–Kier alpha value is -3.49. The van der Waals surface area contributed by atoms with E-state index in [4.69, 9.17) is 23.4 Å². The molecule has 1 unspecified atom stereocenters. The number of rotatable bonds is 10. The molecule has 1 aliphatic carbocycles. The third kappa shape index (κ3) is 5.34. The van der Waals surface area contributed by atoms with Gasteiger partial charge in [0.2, 0.25) is 5.89 Å². The zero-order chi connectivity index (χ0) is 25.1. The summed E-state index contributed by atoms with van der Waals surface area (Å²) in [5, 5.41) is 2.20. The average molecular weight is 507 g/mol. The fourth-order valence-electron chi connectivity index (χ4n) is 3.93. The third-order valence-electron chi connectivity index (χ3n) is 6.13. The maximum absolute atomic E-state index is 6.40. The number of ether oxygens (including phenoxy) is 4. The average Bonchev–Trinajstić information content (AvgIpc) is 3.27. The second-order valence-corrected chi connectivity index (χ2v) is 10.8. The number of aromatic nitrogens is 2. The van der Waals surface area contributed by atoms with Gasteiger partial charge in [0.25, 0.3) is 0 Å². The Kier molecular flexibility index (Phi) is 6.89. The van der Waals surface area contributed by atoms with E-state index in [1.165, 1.54) is 4.90 Å². The van der Waals surface area contributed by atoms with Crippen LogP contribution in [-0.4, -0.2) is 48.0 Å². The Morgan fingerprint density at radius 3 is 2.42 bits per heavy atom. The zero-order valence-electron chi connectivity index (χ0n) is 20.9. The van der Waals surface area contributed by atoms with Crippen molar-refractivity contribution in [2.45, 2.75) is 30.3 Å². The van der Waals surface area contributed by atoms with Gasteiger partial charge < -0.3 is 28.3 Å². The minimum absolute atomic E-state index is 0.116. The summed E-state index contributed by atoms with van der Waals surface area (Å²) >= 11 is 0. The van der Waals surface area contributed by atoms with Gasteiger partial charge in [0, 0.05) is 29.3 Å². The van der Waals surface area contributed by atoms with Crippen molar-refractivity contribution in [3.63, 3.8) is 0 Å². The summed E-state index contributed by atoms with van der Waals surface area (Å²) in [6.45, 7) is 2.64. The Labute approximate surface area is 213 Å². The predicted molar refractivity (Wildman–Crippen MR) is 143 cm³/mol. The highest BCUT2D eigenvalue weighted by Gasteiger charge is 2.45. The summed E-state index contributed by atoms with van der Waals surface area (Å²) in [5.41, 5.74) is 2.29. The maximum Gasteiger partial charge on any atom is 0.305 e. The van der Waals surface area contributed by atoms with Gasteiger partial charge >= 0.3 is 5.95 Å². The number of methoxy groups -OCH3 is 2. The van der Waals surface area contributed by atoms with Crippen LogP contribution in [-0.2, 0) is 4.74 Å². The van der Waals surface area contributed by atoms with Gasteiger partial charge in [-0.3, -0.25) is 0 Å². The Morgan fingerprint density at radius 2 is 1.75 bits per heavy atom. The zero-order valence-corrected chi connectivity index (χ0v) is 21.7. The van der Waals surface area contributed by atoms with Gasteiger partial charge in [0.05, 0.1) is 13.7 Å². The number of H-pyrrole nitrogens is 1. The highest BCUT2D eigenvalue weighted by molar-refractivity contribution is 8.14. The number of hydrogen-bond donors (Lipinski definition) is 1. The lowest BCUT2D eigenvalue weighted by Crippen LogP contribution is -2.24. The first kappa shape index (κ1) is 24.2. The van der Waals surface area contributed by atoms with E-state index < -0.39 is 0 Å². The van der Waals surface area contributed by atoms with Gasteiger partial charge in [-0.15, -0.1) is 0 Å². The fourth-order valence-corrected chi connectivity index (χ4v) is 4.77. The third-order valence-corrected chi connectivity index (χ3v) is 7.85. The van der Waals surface area contributed by atoms with E-state index in [0.717, 1.165) is 41.3 Å². The molecule has 4 aromatic rings. The molecule has 2 aromatic heterocycles. The molecule has 1 fully saturated rings. The van der Waals surface area contributed by atoms with Crippen molar-refractivity contribution in [3.8, 4) is 46.0 Å². The standard InChI is InChI=1S/C28H30N2O5S/c1-5-36(4)23-8-6-20(7-9-23)33-21-14-19(15-22(16-21)35-28(12-13-28)18-31-2)24-10-11-25(30-24)27-29-17-26(32-3)34-27/h5-11,14-17,30H,12-13,18H2,1-4H3. The van der Waals surface area contributed by atoms with E-state index in [0.29, 0.717) is 24.2 Å². The first-order valence-electron chi connectivity index (χ1n) is 11.8. The molecule has 1 N–H and O–H groups in total. The van der Waals surface area contributed by atoms with Crippen molar-refractivity contribution in [2.24, 2.45) is 0 Å². The highest BCUT2D eigenvalue weighted by Crippen LogP contribution is 2.43. The molecule has 5 rings (SSSR count). The minimum atomic E-state index is -0.268. The highest BCUT2D eigenvalue weighted by atomic mass is 32.2.